The van der Waals surface area contributed by atoms with E-state index in [0.717, 1.165) is 29.8 Å². The van der Waals surface area contributed by atoms with Crippen LogP contribution in [0.15, 0.2) is 41.8 Å². The van der Waals surface area contributed by atoms with Gasteiger partial charge in [-0.1, -0.05) is 35.3 Å². The number of halogens is 5. The Hall–Kier alpha value is -1.98. The van der Waals surface area contributed by atoms with Crippen LogP contribution < -0.4 is 5.73 Å². The second-order valence-electron chi connectivity index (χ2n) is 14.4. The molecule has 0 unspecified atom stereocenters. The molecule has 50 heavy (non-hydrogen) atoms. The van der Waals surface area contributed by atoms with Crippen LogP contribution in [0, 0.1) is 29.4 Å². The molecule has 2 aromatic heterocycles. The third-order valence-electron chi connectivity index (χ3n) is 11.3. The van der Waals surface area contributed by atoms with Gasteiger partial charge < -0.3 is 5.73 Å². The number of rotatable bonds is 3. The number of fused-ring (bicyclic) bond motifs is 8. The average molecular weight is 787 g/mol. The standard InChI is InChI=1S/C19H21ClFNOS.C9H18N2.C8H4ClFS.CO2.ClH/c1-19(2)13(11-5-7-22(19)8-6-11)10-15(23)16-9-12-3-4-14(20)17(21)18(12)24-16;1-9(2)8(10)7-3-5-11(9)6-4-7;9-6-2-1-5-3-4-11-8(5)7(6)10;2-1-3;/h3-4,9,11,13H,5-8,10H2,1-2H3;7-8H,3-6,10H2,1-2H3;1-4H;;1H/t13-;8-;;;/m11.../s1. The highest BCUT2D eigenvalue weighted by Crippen LogP contribution is 2.46. The largest absolute Gasteiger partial charge is 0.373 e. The van der Waals surface area contributed by atoms with E-state index in [-0.39, 0.29) is 51.3 Å². The Balaban J connectivity index is 0.000000180. The summed E-state index contributed by atoms with van der Waals surface area (Å²) in [5.74, 6) is 1.23. The molecule has 0 amide bonds. The van der Waals surface area contributed by atoms with Gasteiger partial charge >= 0.3 is 6.15 Å². The predicted molar refractivity (Wildman–Crippen MR) is 203 cm³/mol. The summed E-state index contributed by atoms with van der Waals surface area (Å²) in [4.78, 5) is 34.8. The fraction of sp³-hybridized carbons (Fsp3) is 0.514. The van der Waals surface area contributed by atoms with Crippen molar-refractivity contribution in [1.82, 2.24) is 9.80 Å². The van der Waals surface area contributed by atoms with Gasteiger partial charge in [0.05, 0.1) is 24.3 Å². The highest BCUT2D eigenvalue weighted by Gasteiger charge is 2.48. The van der Waals surface area contributed by atoms with Gasteiger partial charge in [0.25, 0.3) is 0 Å². The number of ketones is 1. The molecule has 6 aliphatic rings. The number of hydrogen-bond donors (Lipinski definition) is 1. The third-order valence-corrected chi connectivity index (χ3v) is 14.0. The van der Waals surface area contributed by atoms with Crippen molar-refractivity contribution < 1.29 is 23.2 Å². The fourth-order valence-electron chi connectivity index (χ4n) is 8.18. The Labute approximate surface area is 316 Å². The first kappa shape index (κ1) is 40.8. The summed E-state index contributed by atoms with van der Waals surface area (Å²) in [5.41, 5.74) is 6.49. The first-order chi connectivity index (χ1) is 23.2. The Morgan fingerprint density at radius 3 is 1.84 bits per heavy atom. The van der Waals surface area contributed by atoms with Gasteiger partial charge in [0.2, 0.25) is 0 Å². The van der Waals surface area contributed by atoms with Crippen LogP contribution >= 0.6 is 58.3 Å². The highest BCUT2D eigenvalue weighted by molar-refractivity contribution is 7.21. The van der Waals surface area contributed by atoms with E-state index in [1.165, 1.54) is 61.4 Å². The van der Waals surface area contributed by atoms with E-state index in [1.807, 2.05) is 23.6 Å². The van der Waals surface area contributed by atoms with Crippen LogP contribution in [0.2, 0.25) is 10.0 Å². The molecule has 6 nitrogen and oxygen atoms in total. The lowest BCUT2D eigenvalue weighted by atomic mass is 9.65. The quantitative estimate of drug-likeness (QED) is 0.208. The molecule has 2 atom stereocenters. The van der Waals surface area contributed by atoms with Crippen LogP contribution in [0.25, 0.3) is 20.2 Å². The molecule has 13 heteroatoms. The maximum atomic E-state index is 14.1. The van der Waals surface area contributed by atoms with Crippen molar-refractivity contribution in [2.45, 2.75) is 76.9 Å². The van der Waals surface area contributed by atoms with Gasteiger partial charge in [-0.15, -0.1) is 35.1 Å². The van der Waals surface area contributed by atoms with Crippen molar-refractivity contribution in [3.05, 3.63) is 68.3 Å². The van der Waals surface area contributed by atoms with E-state index >= 15 is 0 Å². The molecule has 0 spiro atoms. The lowest BCUT2D eigenvalue weighted by Gasteiger charge is -2.56. The number of carbonyl (C=O) groups excluding carboxylic acids is 3. The third kappa shape index (κ3) is 8.30. The number of Topliss-reactive ketones (excluding diaryl/α,β-unsaturated/α-hetero) is 1. The van der Waals surface area contributed by atoms with Crippen molar-refractivity contribution in [3.63, 3.8) is 0 Å². The van der Waals surface area contributed by atoms with Gasteiger partial charge in [0.15, 0.2) is 17.4 Å². The predicted octanol–water partition coefficient (Wildman–Crippen LogP) is 9.74. The summed E-state index contributed by atoms with van der Waals surface area (Å²) in [5, 5.41) is 3.83. The maximum Gasteiger partial charge on any atom is 0.373 e. The van der Waals surface area contributed by atoms with Crippen molar-refractivity contribution in [2.75, 3.05) is 26.2 Å². The van der Waals surface area contributed by atoms with Gasteiger partial charge in [0, 0.05) is 23.5 Å². The van der Waals surface area contributed by atoms with E-state index in [0.29, 0.717) is 38.6 Å². The van der Waals surface area contributed by atoms with Gasteiger partial charge in [0.1, 0.15) is 0 Å². The fourth-order valence-corrected chi connectivity index (χ4v) is 10.5. The van der Waals surface area contributed by atoms with Crippen molar-refractivity contribution in [2.24, 2.45) is 23.5 Å². The molecule has 0 saturated carbocycles. The minimum Gasteiger partial charge on any atom is -0.326 e. The van der Waals surface area contributed by atoms with Crippen LogP contribution in [0.5, 0.6) is 0 Å². The number of carbonyl (C=O) groups is 1. The second-order valence-corrected chi connectivity index (χ2v) is 17.2. The van der Waals surface area contributed by atoms with Crippen LogP contribution in [0.4, 0.5) is 8.78 Å². The molecular weight excluding hydrogens is 743 g/mol. The summed E-state index contributed by atoms with van der Waals surface area (Å²) in [7, 11) is 0. The Morgan fingerprint density at radius 2 is 1.34 bits per heavy atom. The van der Waals surface area contributed by atoms with Gasteiger partial charge in [-0.25, -0.2) is 8.78 Å². The van der Waals surface area contributed by atoms with Gasteiger partial charge in [-0.05, 0) is 138 Å². The summed E-state index contributed by atoms with van der Waals surface area (Å²) in [6, 6.07) is 10.8. The molecule has 6 saturated heterocycles. The normalized spacial score (nSPS) is 26.7. The van der Waals surface area contributed by atoms with Crippen LogP contribution in [-0.2, 0) is 9.59 Å². The first-order valence-electron chi connectivity index (χ1n) is 16.7. The number of nitrogens with two attached hydrogens (primary N) is 1. The first-order valence-corrected chi connectivity index (χ1v) is 19.1. The van der Waals surface area contributed by atoms with Crippen molar-refractivity contribution in [3.8, 4) is 0 Å². The van der Waals surface area contributed by atoms with Crippen LogP contribution in [0.1, 0.15) is 69.5 Å². The number of thiophene rings is 2. The number of hydrogen-bond acceptors (Lipinski definition) is 8. The second kappa shape index (κ2) is 16.8. The lowest BCUT2D eigenvalue weighted by Crippen LogP contribution is -2.67. The minimum absolute atomic E-state index is 0. The molecule has 0 aliphatic carbocycles. The number of piperidine rings is 6. The lowest BCUT2D eigenvalue weighted by molar-refractivity contribution is -0.191. The SMILES string of the molecule is CC1(C)[C@H](CC(=O)c2cc3ccc(Cl)c(F)c3s2)C2CCN1CC2.CC1(C)[C@H](N)C2CCN1CC2.Cl.Fc1c(Cl)ccc2ccsc12.O=C=O. The molecular formula is C37H44Cl3F2N3O3S2. The van der Waals surface area contributed by atoms with Crippen molar-refractivity contribution in [1.29, 1.82) is 0 Å². The molecule has 2 N–H and O–H groups in total. The molecule has 4 bridgehead atoms. The topological polar surface area (TPSA) is 83.7 Å². The monoisotopic (exact) mass is 785 g/mol. The molecule has 4 aromatic rings. The molecule has 272 valence electrons. The van der Waals surface area contributed by atoms with Gasteiger partial charge in [-0.3, -0.25) is 14.6 Å². The van der Waals surface area contributed by atoms with E-state index in [9.17, 15) is 13.6 Å². The smallest absolute Gasteiger partial charge is 0.326 e. The molecule has 2 aromatic carbocycles. The van der Waals surface area contributed by atoms with E-state index < -0.39 is 5.82 Å². The summed E-state index contributed by atoms with van der Waals surface area (Å²) in [6.07, 6.45) is 5.83. The Bertz CT molecular complexity index is 1820. The zero-order chi connectivity index (χ0) is 35.7. The zero-order valence-electron chi connectivity index (χ0n) is 28.6. The average Bonchev–Trinajstić information content (AvgIpc) is 3.75. The molecule has 10 rings (SSSR count). The van der Waals surface area contributed by atoms with E-state index in [1.54, 1.807) is 18.2 Å². The maximum absolute atomic E-state index is 14.1. The van der Waals surface area contributed by atoms with Crippen LogP contribution in [0.3, 0.4) is 0 Å². The molecule has 6 aliphatic heterocycles. The highest BCUT2D eigenvalue weighted by atomic mass is 35.5. The molecule has 6 fully saturated rings. The summed E-state index contributed by atoms with van der Waals surface area (Å²) < 4.78 is 28.4. The van der Waals surface area contributed by atoms with Gasteiger partial charge in [-0.2, -0.15) is 9.59 Å². The van der Waals surface area contributed by atoms with E-state index in [4.69, 9.17) is 38.5 Å². The minimum atomic E-state index is -0.415. The summed E-state index contributed by atoms with van der Waals surface area (Å²) >= 11 is 14.0. The molecule has 0 radical (unpaired) electrons. The van der Waals surface area contributed by atoms with Crippen LogP contribution in [-0.4, -0.2) is 65.0 Å². The van der Waals surface area contributed by atoms with E-state index in [2.05, 4.69) is 37.5 Å². The number of benzene rings is 2. The Morgan fingerprint density at radius 1 is 0.840 bits per heavy atom. The Kier molecular flexibility index (Phi) is 13.7. The summed E-state index contributed by atoms with van der Waals surface area (Å²) in [6.45, 7) is 13.9. The molecule has 8 heterocycles. The zero-order valence-corrected chi connectivity index (χ0v) is 32.6. The van der Waals surface area contributed by atoms with Crippen molar-refractivity contribution >= 4 is 90.4 Å². The number of nitrogens with zero attached hydrogens (tertiary/aromatic N) is 2.